The molecule has 2 rings (SSSR count). The lowest BCUT2D eigenvalue weighted by molar-refractivity contribution is 0.447. The molecule has 0 unspecified atom stereocenters. The predicted octanol–water partition coefficient (Wildman–Crippen LogP) is 2.83. The van der Waals surface area contributed by atoms with Crippen molar-refractivity contribution in [3.05, 3.63) is 46.6 Å². The summed E-state index contributed by atoms with van der Waals surface area (Å²) in [4.78, 5) is 3.63. The van der Waals surface area contributed by atoms with E-state index in [4.69, 9.17) is 33.1 Å². The first-order valence-corrected chi connectivity index (χ1v) is 7.29. The van der Waals surface area contributed by atoms with Crippen LogP contribution in [0, 0.1) is 0 Å². The molecule has 0 aliphatic heterocycles. The number of nitrogens with zero attached hydrogens (tertiary/aromatic N) is 1. The fourth-order valence-electron chi connectivity index (χ4n) is 1.32. The Hall–Kier alpha value is -1.34. The molecule has 0 aliphatic carbocycles. The minimum Gasteiger partial charge on any atom is -0.438 e. The molecule has 8 heteroatoms. The molecule has 0 fully saturated rings. The fourth-order valence-corrected chi connectivity index (χ4v) is 2.22. The quantitative estimate of drug-likeness (QED) is 0.943. The maximum Gasteiger partial charge on any atom is 0.243 e. The highest BCUT2D eigenvalue weighted by Crippen LogP contribution is 2.30. The third-order valence-corrected chi connectivity index (χ3v) is 3.81. The third kappa shape index (κ3) is 3.36. The smallest absolute Gasteiger partial charge is 0.243 e. The second-order valence-electron chi connectivity index (χ2n) is 3.53. The van der Waals surface area contributed by atoms with Crippen molar-refractivity contribution in [2.24, 2.45) is 5.14 Å². The highest BCUT2D eigenvalue weighted by molar-refractivity contribution is 7.89. The minimum absolute atomic E-state index is 0.122. The molecule has 0 spiro atoms. The number of hydrogen-bond donors (Lipinski definition) is 1. The van der Waals surface area contributed by atoms with E-state index in [0.717, 1.165) is 0 Å². The molecule has 1 aromatic heterocycles. The number of nitrogens with two attached hydrogens (primary N) is 1. The van der Waals surface area contributed by atoms with E-state index in [1.54, 1.807) is 0 Å². The Bertz CT molecular complexity index is 720. The van der Waals surface area contributed by atoms with Crippen LogP contribution in [0.25, 0.3) is 0 Å². The van der Waals surface area contributed by atoms with E-state index in [0.29, 0.717) is 10.8 Å². The molecule has 0 radical (unpaired) electrons. The summed E-state index contributed by atoms with van der Waals surface area (Å²) < 4.78 is 28.1. The van der Waals surface area contributed by atoms with E-state index in [-0.39, 0.29) is 15.8 Å². The molecular weight excluding hydrogens is 311 g/mol. The van der Waals surface area contributed by atoms with Crippen LogP contribution in [0.1, 0.15) is 0 Å². The standard InChI is InChI=1S/C11H8Cl2N2O3S/c12-8-4-3-7(6-9(8)13)18-11-10(19(14,16)17)2-1-5-15-11/h1-6H,(H2,14,16,17). The van der Waals surface area contributed by atoms with Gasteiger partial charge >= 0.3 is 0 Å². The Morgan fingerprint density at radius 1 is 1.16 bits per heavy atom. The van der Waals surface area contributed by atoms with Crippen molar-refractivity contribution in [3.63, 3.8) is 0 Å². The Labute approximate surface area is 120 Å². The van der Waals surface area contributed by atoms with Crippen molar-refractivity contribution in [1.82, 2.24) is 4.98 Å². The Balaban J connectivity index is 2.41. The molecule has 19 heavy (non-hydrogen) atoms. The van der Waals surface area contributed by atoms with Crippen molar-refractivity contribution in [3.8, 4) is 11.6 Å². The number of primary sulfonamides is 1. The SMILES string of the molecule is NS(=O)(=O)c1cccnc1Oc1ccc(Cl)c(Cl)c1. The van der Waals surface area contributed by atoms with Crippen LogP contribution in [0.5, 0.6) is 11.6 Å². The summed E-state index contributed by atoms with van der Waals surface area (Å²) in [6, 6.07) is 7.26. The number of benzene rings is 1. The Kier molecular flexibility index (Phi) is 3.96. The lowest BCUT2D eigenvalue weighted by Crippen LogP contribution is -2.13. The van der Waals surface area contributed by atoms with Gasteiger partial charge in [-0.3, -0.25) is 0 Å². The van der Waals surface area contributed by atoms with Gasteiger partial charge < -0.3 is 4.74 Å². The lowest BCUT2D eigenvalue weighted by atomic mass is 10.3. The molecule has 5 nitrogen and oxygen atoms in total. The molecule has 0 amide bonds. The van der Waals surface area contributed by atoms with E-state index in [1.807, 2.05) is 0 Å². The van der Waals surface area contributed by atoms with Crippen LogP contribution < -0.4 is 9.88 Å². The molecule has 0 aliphatic rings. The van der Waals surface area contributed by atoms with Gasteiger partial charge in [-0.05, 0) is 24.3 Å². The van der Waals surface area contributed by atoms with Crippen LogP contribution in [0.2, 0.25) is 10.0 Å². The predicted molar refractivity (Wildman–Crippen MR) is 72.1 cm³/mol. The molecule has 1 aromatic carbocycles. The van der Waals surface area contributed by atoms with Gasteiger partial charge in [-0.25, -0.2) is 18.5 Å². The molecule has 0 bridgehead atoms. The number of aromatic nitrogens is 1. The number of sulfonamides is 1. The van der Waals surface area contributed by atoms with Crippen LogP contribution in [0.4, 0.5) is 0 Å². The van der Waals surface area contributed by atoms with Gasteiger partial charge in [0.05, 0.1) is 10.0 Å². The van der Waals surface area contributed by atoms with Gasteiger partial charge in [-0.1, -0.05) is 23.2 Å². The average molecular weight is 319 g/mol. The van der Waals surface area contributed by atoms with E-state index in [9.17, 15) is 8.42 Å². The van der Waals surface area contributed by atoms with Gasteiger partial charge in [0.25, 0.3) is 0 Å². The topological polar surface area (TPSA) is 82.3 Å². The van der Waals surface area contributed by atoms with Crippen LogP contribution >= 0.6 is 23.2 Å². The minimum atomic E-state index is -3.92. The van der Waals surface area contributed by atoms with E-state index < -0.39 is 10.0 Å². The van der Waals surface area contributed by atoms with Crippen molar-refractivity contribution in [2.75, 3.05) is 0 Å². The zero-order valence-corrected chi connectivity index (χ0v) is 11.7. The summed E-state index contributed by atoms with van der Waals surface area (Å²) >= 11 is 11.6. The second-order valence-corrected chi connectivity index (χ2v) is 5.87. The normalized spacial score (nSPS) is 11.3. The van der Waals surface area contributed by atoms with Gasteiger partial charge in [0.15, 0.2) is 0 Å². The molecule has 0 saturated carbocycles. The summed E-state index contributed by atoms with van der Waals surface area (Å²) in [7, 11) is -3.92. The summed E-state index contributed by atoms with van der Waals surface area (Å²) in [5.41, 5.74) is 0. The molecule has 1 heterocycles. The summed E-state index contributed by atoms with van der Waals surface area (Å²) in [6.07, 6.45) is 1.39. The lowest BCUT2D eigenvalue weighted by Gasteiger charge is -2.08. The molecule has 100 valence electrons. The van der Waals surface area contributed by atoms with Crippen LogP contribution in [-0.4, -0.2) is 13.4 Å². The van der Waals surface area contributed by atoms with E-state index >= 15 is 0 Å². The summed E-state index contributed by atoms with van der Waals surface area (Å²) in [5, 5.41) is 5.72. The fraction of sp³-hybridized carbons (Fsp3) is 0. The first-order valence-electron chi connectivity index (χ1n) is 4.98. The van der Waals surface area contributed by atoms with Crippen LogP contribution in [0.15, 0.2) is 41.4 Å². The van der Waals surface area contributed by atoms with Crippen molar-refractivity contribution >= 4 is 33.2 Å². The Morgan fingerprint density at radius 2 is 1.89 bits per heavy atom. The van der Waals surface area contributed by atoms with Gasteiger partial charge in [0, 0.05) is 12.3 Å². The largest absolute Gasteiger partial charge is 0.438 e. The highest BCUT2D eigenvalue weighted by Gasteiger charge is 2.16. The maximum absolute atomic E-state index is 11.4. The number of halogens is 2. The first-order chi connectivity index (χ1) is 8.88. The molecular formula is C11H8Cl2N2O3S. The highest BCUT2D eigenvalue weighted by atomic mass is 35.5. The molecule has 0 atom stereocenters. The zero-order valence-electron chi connectivity index (χ0n) is 9.38. The Morgan fingerprint density at radius 3 is 2.53 bits per heavy atom. The molecule has 0 saturated heterocycles. The molecule has 2 N–H and O–H groups in total. The number of ether oxygens (including phenoxy) is 1. The van der Waals surface area contributed by atoms with Crippen molar-refractivity contribution in [2.45, 2.75) is 4.90 Å². The number of rotatable bonds is 3. The zero-order chi connectivity index (χ0) is 14.0. The van der Waals surface area contributed by atoms with Gasteiger partial charge in [0.1, 0.15) is 10.6 Å². The van der Waals surface area contributed by atoms with Crippen molar-refractivity contribution < 1.29 is 13.2 Å². The van der Waals surface area contributed by atoms with Crippen molar-refractivity contribution in [1.29, 1.82) is 0 Å². The second kappa shape index (κ2) is 5.34. The van der Waals surface area contributed by atoms with Gasteiger partial charge in [-0.15, -0.1) is 0 Å². The summed E-state index contributed by atoms with van der Waals surface area (Å²) in [6.45, 7) is 0. The van der Waals surface area contributed by atoms with Gasteiger partial charge in [-0.2, -0.15) is 0 Å². The summed E-state index contributed by atoms with van der Waals surface area (Å²) in [5.74, 6) is 0.182. The van der Waals surface area contributed by atoms with Crippen LogP contribution in [0.3, 0.4) is 0 Å². The number of pyridine rings is 1. The average Bonchev–Trinajstić information content (AvgIpc) is 2.33. The van der Waals surface area contributed by atoms with Gasteiger partial charge in [0.2, 0.25) is 15.9 Å². The maximum atomic E-state index is 11.4. The molecule has 2 aromatic rings. The monoisotopic (exact) mass is 318 g/mol. The van der Waals surface area contributed by atoms with Crippen LogP contribution in [-0.2, 0) is 10.0 Å². The van der Waals surface area contributed by atoms with E-state index in [2.05, 4.69) is 4.98 Å². The third-order valence-electron chi connectivity index (χ3n) is 2.15. The number of hydrogen-bond acceptors (Lipinski definition) is 4. The van der Waals surface area contributed by atoms with E-state index in [1.165, 1.54) is 36.5 Å². The first kappa shape index (κ1) is 14.1.